The third kappa shape index (κ3) is 3.10. The van der Waals surface area contributed by atoms with Crippen LogP contribution in [0.25, 0.3) is 0 Å². The minimum absolute atomic E-state index is 0. The van der Waals surface area contributed by atoms with Crippen LogP contribution in [0.5, 0.6) is 0 Å². The van der Waals surface area contributed by atoms with E-state index in [1.807, 2.05) is 24.5 Å². The van der Waals surface area contributed by atoms with Crippen molar-refractivity contribution in [3.63, 3.8) is 0 Å². The molecule has 0 spiro atoms. The van der Waals surface area contributed by atoms with Gasteiger partial charge in [-0.2, -0.15) is 6.20 Å². The van der Waals surface area contributed by atoms with Gasteiger partial charge in [0, 0.05) is 24.8 Å². The minimum atomic E-state index is 0. The Balaban J connectivity index is 0.00000120. The molecule has 2 fully saturated rings. The molecule has 0 amide bonds. The molecule has 0 aliphatic heterocycles. The predicted octanol–water partition coefficient (Wildman–Crippen LogP) is 3.42. The van der Waals surface area contributed by atoms with Crippen LogP contribution in [-0.2, 0) is 18.6 Å². The molecular formula is C15H21N2V-. The second-order valence-electron chi connectivity index (χ2n) is 5.55. The first kappa shape index (κ1) is 14.0. The number of aromatic nitrogens is 1. The first-order valence-corrected chi connectivity index (χ1v) is 7.04. The molecule has 1 radical (unpaired) electrons. The van der Waals surface area contributed by atoms with Gasteiger partial charge in [-0.1, -0.05) is 44.2 Å². The van der Waals surface area contributed by atoms with Crippen LogP contribution in [0.2, 0.25) is 0 Å². The zero-order valence-corrected chi connectivity index (χ0v) is 12.2. The molecule has 18 heavy (non-hydrogen) atoms. The predicted molar refractivity (Wildman–Crippen MR) is 70.4 cm³/mol. The van der Waals surface area contributed by atoms with Gasteiger partial charge < -0.3 is 4.98 Å². The fourth-order valence-electron chi connectivity index (χ4n) is 3.65. The monoisotopic (exact) mass is 280 g/mol. The molecule has 3 rings (SSSR count). The summed E-state index contributed by atoms with van der Waals surface area (Å²) in [6.45, 7) is 0. The van der Waals surface area contributed by atoms with Crippen LogP contribution in [0.1, 0.15) is 50.6 Å². The normalized spacial score (nSPS) is 31.9. The molecule has 1 aromatic heterocycles. The van der Waals surface area contributed by atoms with E-state index in [1.54, 1.807) is 0 Å². The molecule has 2 aliphatic rings. The SMILES string of the molecule is C(=NC1CCCC2CCCCC21)c1ccc[n-]1.[V]. The third-order valence-electron chi connectivity index (χ3n) is 4.51. The quantitative estimate of drug-likeness (QED) is 0.762. The summed E-state index contributed by atoms with van der Waals surface area (Å²) >= 11 is 0. The van der Waals surface area contributed by atoms with E-state index >= 15 is 0 Å². The van der Waals surface area contributed by atoms with Crippen LogP contribution in [0.4, 0.5) is 0 Å². The fraction of sp³-hybridized carbons (Fsp3) is 0.667. The van der Waals surface area contributed by atoms with Gasteiger partial charge in [0.1, 0.15) is 0 Å². The van der Waals surface area contributed by atoms with Crippen molar-refractivity contribution in [3.05, 3.63) is 24.0 Å². The summed E-state index contributed by atoms with van der Waals surface area (Å²) < 4.78 is 0. The van der Waals surface area contributed by atoms with Crippen LogP contribution in [-0.4, -0.2) is 12.3 Å². The van der Waals surface area contributed by atoms with Crippen LogP contribution < -0.4 is 4.98 Å². The summed E-state index contributed by atoms with van der Waals surface area (Å²) in [7, 11) is 0. The largest absolute Gasteiger partial charge is 0.663 e. The average Bonchev–Trinajstić information content (AvgIpc) is 2.89. The number of rotatable bonds is 2. The van der Waals surface area contributed by atoms with Gasteiger partial charge in [-0.25, -0.2) is 0 Å². The van der Waals surface area contributed by atoms with Crippen LogP contribution >= 0.6 is 0 Å². The molecule has 0 N–H and O–H groups in total. The van der Waals surface area contributed by atoms with Crippen molar-refractivity contribution in [1.29, 1.82) is 0 Å². The van der Waals surface area contributed by atoms with Crippen LogP contribution in [0.3, 0.4) is 0 Å². The number of fused-ring (bicyclic) bond motifs is 1. The number of nitrogens with zero attached hydrogens (tertiary/aromatic N) is 2. The third-order valence-corrected chi connectivity index (χ3v) is 4.51. The van der Waals surface area contributed by atoms with E-state index in [0.717, 1.165) is 17.5 Å². The number of hydrogen-bond donors (Lipinski definition) is 0. The second kappa shape index (κ2) is 6.63. The average molecular weight is 280 g/mol. The maximum atomic E-state index is 4.82. The van der Waals surface area contributed by atoms with Crippen molar-refractivity contribution in [1.82, 2.24) is 4.98 Å². The van der Waals surface area contributed by atoms with E-state index in [1.165, 1.54) is 44.9 Å². The molecule has 2 nitrogen and oxygen atoms in total. The van der Waals surface area contributed by atoms with E-state index in [2.05, 4.69) is 4.98 Å². The van der Waals surface area contributed by atoms with Crippen LogP contribution in [0, 0.1) is 11.8 Å². The van der Waals surface area contributed by atoms with Gasteiger partial charge in [0.05, 0.1) is 6.04 Å². The van der Waals surface area contributed by atoms with E-state index in [0.29, 0.717) is 6.04 Å². The van der Waals surface area contributed by atoms with Crippen molar-refractivity contribution in [3.8, 4) is 0 Å². The Morgan fingerprint density at radius 1 is 1.11 bits per heavy atom. The summed E-state index contributed by atoms with van der Waals surface area (Å²) in [6, 6.07) is 4.59. The maximum Gasteiger partial charge on any atom is 0.0529 e. The summed E-state index contributed by atoms with van der Waals surface area (Å²) in [5.41, 5.74) is 1.02. The Kier molecular flexibility index (Phi) is 5.14. The Morgan fingerprint density at radius 3 is 2.78 bits per heavy atom. The summed E-state index contributed by atoms with van der Waals surface area (Å²) in [5, 5.41) is 0. The van der Waals surface area contributed by atoms with Crippen molar-refractivity contribution < 1.29 is 18.6 Å². The van der Waals surface area contributed by atoms with E-state index in [9.17, 15) is 0 Å². The molecule has 0 bridgehead atoms. The Bertz CT molecular complexity index is 370. The fourth-order valence-corrected chi connectivity index (χ4v) is 3.65. The Hall–Kier alpha value is -0.466. The van der Waals surface area contributed by atoms with Gasteiger partial charge in [0.15, 0.2) is 0 Å². The van der Waals surface area contributed by atoms with Crippen molar-refractivity contribution in [2.45, 2.75) is 51.0 Å². The molecule has 0 aromatic carbocycles. The topological polar surface area (TPSA) is 26.5 Å². The molecule has 3 atom stereocenters. The molecule has 1 aromatic rings. The minimum Gasteiger partial charge on any atom is -0.663 e. The van der Waals surface area contributed by atoms with Crippen molar-refractivity contribution in [2.24, 2.45) is 16.8 Å². The van der Waals surface area contributed by atoms with Gasteiger partial charge in [0.25, 0.3) is 0 Å². The van der Waals surface area contributed by atoms with Gasteiger partial charge in [-0.3, -0.25) is 4.99 Å². The van der Waals surface area contributed by atoms with Gasteiger partial charge >= 0.3 is 0 Å². The molecule has 2 aliphatic carbocycles. The van der Waals surface area contributed by atoms with E-state index in [-0.39, 0.29) is 18.6 Å². The number of aliphatic imine (C=N–C) groups is 1. The summed E-state index contributed by atoms with van der Waals surface area (Å²) in [5.74, 6) is 1.83. The van der Waals surface area contributed by atoms with Crippen molar-refractivity contribution >= 4 is 6.21 Å². The zero-order valence-electron chi connectivity index (χ0n) is 10.8. The molecule has 0 saturated heterocycles. The van der Waals surface area contributed by atoms with Gasteiger partial charge in [0.2, 0.25) is 0 Å². The standard InChI is InChI=1S/C15H21N2.V/c1-2-8-14-12(5-1)6-3-9-15(14)17-11-13-7-4-10-16-13;/h4,7,10-12,14-15H,1-3,5-6,8-9H2;/q-1;. The summed E-state index contributed by atoms with van der Waals surface area (Å²) in [6.07, 6.45) is 13.7. The molecule has 2 saturated carbocycles. The molecule has 3 unspecified atom stereocenters. The van der Waals surface area contributed by atoms with Gasteiger partial charge in [-0.05, 0) is 24.7 Å². The Morgan fingerprint density at radius 2 is 1.94 bits per heavy atom. The van der Waals surface area contributed by atoms with E-state index in [4.69, 9.17) is 4.99 Å². The Labute approximate surface area is 122 Å². The van der Waals surface area contributed by atoms with Crippen molar-refractivity contribution in [2.75, 3.05) is 0 Å². The molecule has 97 valence electrons. The first-order valence-electron chi connectivity index (χ1n) is 7.04. The van der Waals surface area contributed by atoms with Crippen LogP contribution in [0.15, 0.2) is 23.3 Å². The second-order valence-corrected chi connectivity index (χ2v) is 5.55. The molecule has 3 heteroatoms. The zero-order chi connectivity index (χ0) is 11.5. The first-order chi connectivity index (χ1) is 8.43. The number of hydrogen-bond acceptors (Lipinski definition) is 1. The van der Waals surface area contributed by atoms with E-state index < -0.39 is 0 Å². The molecular weight excluding hydrogens is 259 g/mol. The maximum absolute atomic E-state index is 4.82. The molecule has 1 heterocycles. The smallest absolute Gasteiger partial charge is 0.0529 e. The summed E-state index contributed by atoms with van der Waals surface area (Å²) in [4.78, 5) is 9.08. The van der Waals surface area contributed by atoms with Gasteiger partial charge in [-0.15, -0.1) is 5.69 Å².